The Morgan fingerprint density at radius 1 is 1.33 bits per heavy atom. The van der Waals surface area contributed by atoms with Gasteiger partial charge in [0, 0.05) is 6.54 Å². The van der Waals surface area contributed by atoms with Crippen molar-refractivity contribution in [3.8, 4) is 0 Å². The maximum atomic E-state index is 11.8. The summed E-state index contributed by atoms with van der Waals surface area (Å²) in [6.45, 7) is 3.77. The minimum Gasteiger partial charge on any atom is -0.351 e. The van der Waals surface area contributed by atoms with Crippen LogP contribution in [-0.2, 0) is 17.8 Å². The smallest absolute Gasteiger partial charge is 0.237 e. The van der Waals surface area contributed by atoms with Gasteiger partial charge in [0.25, 0.3) is 0 Å². The Balaban J connectivity index is 1.80. The molecule has 18 heavy (non-hydrogen) atoms. The number of benzene rings is 1. The molecule has 0 spiro atoms. The molecule has 0 bridgehead atoms. The van der Waals surface area contributed by atoms with Gasteiger partial charge < -0.3 is 10.6 Å². The van der Waals surface area contributed by atoms with Gasteiger partial charge in [0.1, 0.15) is 0 Å². The lowest BCUT2D eigenvalue weighted by atomic mass is 10.1. The van der Waals surface area contributed by atoms with Gasteiger partial charge in [0.05, 0.1) is 6.04 Å². The highest BCUT2D eigenvalue weighted by atomic mass is 16.2. The highest BCUT2D eigenvalue weighted by molar-refractivity contribution is 5.81. The Morgan fingerprint density at radius 2 is 2.06 bits per heavy atom. The van der Waals surface area contributed by atoms with Crippen molar-refractivity contribution in [2.24, 2.45) is 0 Å². The summed E-state index contributed by atoms with van der Waals surface area (Å²) in [5, 5.41) is 6.20. The molecule has 1 aliphatic heterocycles. The van der Waals surface area contributed by atoms with E-state index in [1.807, 2.05) is 0 Å². The molecule has 3 nitrogen and oxygen atoms in total. The molecule has 0 radical (unpaired) electrons. The Morgan fingerprint density at radius 3 is 2.67 bits per heavy atom. The van der Waals surface area contributed by atoms with Gasteiger partial charge in [-0.05, 0) is 36.9 Å². The van der Waals surface area contributed by atoms with E-state index < -0.39 is 0 Å². The number of amides is 1. The van der Waals surface area contributed by atoms with Crippen LogP contribution < -0.4 is 10.6 Å². The molecule has 1 fully saturated rings. The lowest BCUT2D eigenvalue weighted by Gasteiger charge is -2.11. The van der Waals surface area contributed by atoms with Crippen LogP contribution in [0, 0.1) is 0 Å². The first-order chi connectivity index (χ1) is 8.79. The van der Waals surface area contributed by atoms with Crippen molar-refractivity contribution in [2.45, 2.75) is 45.2 Å². The highest BCUT2D eigenvalue weighted by Crippen LogP contribution is 2.08. The molecule has 98 valence electrons. The summed E-state index contributed by atoms with van der Waals surface area (Å²) in [5.74, 6) is 0.130. The molecule has 0 aliphatic carbocycles. The maximum absolute atomic E-state index is 11.8. The van der Waals surface area contributed by atoms with Crippen LogP contribution in [0.3, 0.4) is 0 Å². The maximum Gasteiger partial charge on any atom is 0.237 e. The number of aryl methyl sites for hydroxylation is 1. The zero-order chi connectivity index (χ0) is 12.8. The number of carbonyl (C=O) groups excluding carboxylic acids is 1. The molecule has 1 unspecified atom stereocenters. The van der Waals surface area contributed by atoms with Crippen molar-refractivity contribution in [1.29, 1.82) is 0 Å². The SMILES string of the molecule is CCCc1ccc(CNC(=O)C2CCCN2)cc1. The molecular weight excluding hydrogens is 224 g/mol. The van der Waals surface area contributed by atoms with Crippen molar-refractivity contribution >= 4 is 5.91 Å². The second-order valence-corrected chi connectivity index (χ2v) is 4.93. The Hall–Kier alpha value is -1.35. The third kappa shape index (κ3) is 3.57. The van der Waals surface area contributed by atoms with Gasteiger partial charge in [-0.3, -0.25) is 4.79 Å². The molecule has 3 heteroatoms. The Bertz CT molecular complexity index is 380. The average molecular weight is 246 g/mol. The number of nitrogens with one attached hydrogen (secondary N) is 2. The largest absolute Gasteiger partial charge is 0.351 e. The number of carbonyl (C=O) groups is 1. The summed E-state index contributed by atoms with van der Waals surface area (Å²) < 4.78 is 0. The van der Waals surface area contributed by atoms with Crippen LogP contribution in [0.1, 0.15) is 37.3 Å². The fourth-order valence-corrected chi connectivity index (χ4v) is 2.33. The van der Waals surface area contributed by atoms with E-state index in [9.17, 15) is 4.79 Å². The third-order valence-electron chi connectivity index (χ3n) is 3.41. The fourth-order valence-electron chi connectivity index (χ4n) is 2.33. The van der Waals surface area contributed by atoms with E-state index in [0.717, 1.165) is 25.8 Å². The first kappa shape index (κ1) is 13.1. The van der Waals surface area contributed by atoms with E-state index in [1.54, 1.807) is 0 Å². The molecule has 1 aliphatic rings. The topological polar surface area (TPSA) is 41.1 Å². The molecule has 0 aromatic heterocycles. The lowest BCUT2D eigenvalue weighted by Crippen LogP contribution is -2.39. The van der Waals surface area contributed by atoms with Crippen LogP contribution in [0.2, 0.25) is 0 Å². The minimum atomic E-state index is 0.0179. The van der Waals surface area contributed by atoms with Gasteiger partial charge >= 0.3 is 0 Å². The van der Waals surface area contributed by atoms with Gasteiger partial charge in [0.2, 0.25) is 5.91 Å². The first-order valence-electron chi connectivity index (χ1n) is 6.88. The summed E-state index contributed by atoms with van der Waals surface area (Å²) in [7, 11) is 0. The highest BCUT2D eigenvalue weighted by Gasteiger charge is 2.21. The molecule has 1 amide bonds. The summed E-state index contributed by atoms with van der Waals surface area (Å²) >= 11 is 0. The monoisotopic (exact) mass is 246 g/mol. The third-order valence-corrected chi connectivity index (χ3v) is 3.41. The molecule has 1 aromatic rings. The first-order valence-corrected chi connectivity index (χ1v) is 6.88. The van der Waals surface area contributed by atoms with Crippen molar-refractivity contribution in [2.75, 3.05) is 6.54 Å². The van der Waals surface area contributed by atoms with Crippen LogP contribution in [-0.4, -0.2) is 18.5 Å². The Labute approximate surface area is 109 Å². The van der Waals surface area contributed by atoms with Crippen LogP contribution in [0.5, 0.6) is 0 Å². The standard InChI is InChI=1S/C15H22N2O/c1-2-4-12-6-8-13(9-7-12)11-17-15(18)14-5-3-10-16-14/h6-9,14,16H,2-5,10-11H2,1H3,(H,17,18). The van der Waals surface area contributed by atoms with Gasteiger partial charge in [-0.15, -0.1) is 0 Å². The van der Waals surface area contributed by atoms with Gasteiger partial charge in [0.15, 0.2) is 0 Å². The number of rotatable bonds is 5. The van der Waals surface area contributed by atoms with E-state index in [4.69, 9.17) is 0 Å². The van der Waals surface area contributed by atoms with Crippen LogP contribution >= 0.6 is 0 Å². The predicted octanol–water partition coefficient (Wildman–Crippen LogP) is 2.01. The van der Waals surface area contributed by atoms with Gasteiger partial charge in [-0.25, -0.2) is 0 Å². The van der Waals surface area contributed by atoms with E-state index in [0.29, 0.717) is 6.54 Å². The molecule has 1 heterocycles. The van der Waals surface area contributed by atoms with E-state index in [1.165, 1.54) is 17.5 Å². The van der Waals surface area contributed by atoms with Crippen LogP contribution in [0.15, 0.2) is 24.3 Å². The van der Waals surface area contributed by atoms with Crippen molar-refractivity contribution in [3.05, 3.63) is 35.4 Å². The summed E-state index contributed by atoms with van der Waals surface area (Å²) in [5.41, 5.74) is 2.53. The summed E-state index contributed by atoms with van der Waals surface area (Å²) in [6, 6.07) is 8.53. The quantitative estimate of drug-likeness (QED) is 0.834. The molecule has 1 aromatic carbocycles. The molecular formula is C15H22N2O. The van der Waals surface area contributed by atoms with E-state index in [2.05, 4.69) is 41.8 Å². The second-order valence-electron chi connectivity index (χ2n) is 4.93. The summed E-state index contributed by atoms with van der Waals surface area (Å²) in [4.78, 5) is 11.8. The second kappa shape index (κ2) is 6.55. The van der Waals surface area contributed by atoms with Gasteiger partial charge in [-0.1, -0.05) is 37.6 Å². The van der Waals surface area contributed by atoms with Crippen LogP contribution in [0.4, 0.5) is 0 Å². The molecule has 0 saturated carbocycles. The molecule has 1 atom stereocenters. The zero-order valence-electron chi connectivity index (χ0n) is 11.0. The normalized spacial score (nSPS) is 18.8. The predicted molar refractivity (Wildman–Crippen MR) is 73.3 cm³/mol. The van der Waals surface area contributed by atoms with E-state index >= 15 is 0 Å². The molecule has 2 rings (SSSR count). The Kier molecular flexibility index (Phi) is 4.76. The lowest BCUT2D eigenvalue weighted by molar-refractivity contribution is -0.122. The van der Waals surface area contributed by atoms with Crippen molar-refractivity contribution in [1.82, 2.24) is 10.6 Å². The van der Waals surface area contributed by atoms with Crippen molar-refractivity contribution < 1.29 is 4.79 Å². The van der Waals surface area contributed by atoms with E-state index in [-0.39, 0.29) is 11.9 Å². The number of hydrogen-bond donors (Lipinski definition) is 2. The molecule has 2 N–H and O–H groups in total. The number of hydrogen-bond acceptors (Lipinski definition) is 2. The van der Waals surface area contributed by atoms with Crippen molar-refractivity contribution in [3.63, 3.8) is 0 Å². The zero-order valence-corrected chi connectivity index (χ0v) is 11.0. The summed E-state index contributed by atoms with van der Waals surface area (Å²) in [6.07, 6.45) is 4.35. The molecule has 1 saturated heterocycles. The van der Waals surface area contributed by atoms with Gasteiger partial charge in [-0.2, -0.15) is 0 Å². The minimum absolute atomic E-state index is 0.0179. The average Bonchev–Trinajstić information content (AvgIpc) is 2.92. The fraction of sp³-hybridized carbons (Fsp3) is 0.533. The van der Waals surface area contributed by atoms with Crippen LogP contribution in [0.25, 0.3) is 0 Å².